The number of guanidine groups is 1. The van der Waals surface area contributed by atoms with E-state index in [4.69, 9.17) is 4.42 Å². The fraction of sp³-hybridized carbons (Fsp3) is 0.522. The Morgan fingerprint density at radius 3 is 2.45 bits per heavy atom. The minimum atomic E-state index is -1.16. The molecule has 2 heterocycles. The molecule has 3 rings (SSSR count). The molecular weight excluding hydrogens is 397 g/mol. The van der Waals surface area contributed by atoms with E-state index in [-0.39, 0.29) is 12.4 Å². The van der Waals surface area contributed by atoms with E-state index in [1.165, 1.54) is 12.1 Å². The van der Waals surface area contributed by atoms with Gasteiger partial charge in [-0.1, -0.05) is 0 Å². The van der Waals surface area contributed by atoms with Crippen LogP contribution in [0.1, 0.15) is 25.4 Å². The Labute approximate surface area is 183 Å². The molecule has 31 heavy (non-hydrogen) atoms. The second kappa shape index (κ2) is 10.6. The van der Waals surface area contributed by atoms with Crippen LogP contribution in [-0.2, 0) is 5.60 Å². The highest BCUT2D eigenvalue weighted by Gasteiger charge is 2.26. The van der Waals surface area contributed by atoms with Gasteiger partial charge in [0.05, 0.1) is 6.54 Å². The van der Waals surface area contributed by atoms with Crippen LogP contribution < -0.4 is 15.5 Å². The molecule has 1 aliphatic rings. The van der Waals surface area contributed by atoms with Crippen LogP contribution in [0, 0.1) is 12.7 Å². The molecule has 0 radical (unpaired) electrons. The van der Waals surface area contributed by atoms with Gasteiger partial charge in [0, 0.05) is 51.5 Å². The van der Waals surface area contributed by atoms with Gasteiger partial charge in [-0.15, -0.1) is 0 Å². The van der Waals surface area contributed by atoms with Crippen molar-refractivity contribution in [1.82, 2.24) is 15.5 Å². The molecular formula is C23H34FN5O2. The van der Waals surface area contributed by atoms with E-state index in [9.17, 15) is 9.50 Å². The quantitative estimate of drug-likeness (QED) is 0.440. The first-order valence-electron chi connectivity index (χ1n) is 10.9. The minimum absolute atomic E-state index is 0.200. The largest absolute Gasteiger partial charge is 0.463 e. The molecule has 170 valence electrons. The van der Waals surface area contributed by atoms with Gasteiger partial charge in [0.2, 0.25) is 0 Å². The molecule has 0 saturated carbocycles. The van der Waals surface area contributed by atoms with Crippen molar-refractivity contribution in [1.29, 1.82) is 0 Å². The summed E-state index contributed by atoms with van der Waals surface area (Å²) in [5, 5.41) is 17.3. The number of aryl methyl sites for hydroxylation is 1. The number of halogens is 1. The van der Waals surface area contributed by atoms with E-state index in [1.807, 2.05) is 32.0 Å². The van der Waals surface area contributed by atoms with Crippen molar-refractivity contribution in [2.24, 2.45) is 4.99 Å². The Kier molecular flexibility index (Phi) is 7.92. The molecule has 1 atom stereocenters. The molecule has 0 aliphatic carbocycles. The zero-order chi connectivity index (χ0) is 22.3. The maximum Gasteiger partial charge on any atom is 0.191 e. The average Bonchev–Trinajstić information content (AvgIpc) is 3.20. The lowest BCUT2D eigenvalue weighted by Gasteiger charge is -2.36. The van der Waals surface area contributed by atoms with Crippen LogP contribution >= 0.6 is 0 Å². The number of nitrogens with zero attached hydrogens (tertiary/aromatic N) is 3. The van der Waals surface area contributed by atoms with Crippen molar-refractivity contribution < 1.29 is 13.9 Å². The lowest BCUT2D eigenvalue weighted by molar-refractivity contribution is 0.0428. The van der Waals surface area contributed by atoms with Gasteiger partial charge in [-0.25, -0.2) is 9.38 Å². The number of aliphatic hydroxyl groups is 1. The van der Waals surface area contributed by atoms with Crippen LogP contribution in [0.2, 0.25) is 0 Å². The normalized spacial score (nSPS) is 17.5. The summed E-state index contributed by atoms with van der Waals surface area (Å²) in [6, 6.07) is 10.3. The molecule has 0 spiro atoms. The van der Waals surface area contributed by atoms with Gasteiger partial charge in [-0.3, -0.25) is 4.90 Å². The standard InChI is InChI=1S/C23H34FN5O2/c1-4-25-22(27-17-23(3,30)21-10-5-18(2)31-21)26-11-12-28-13-15-29(16-14-28)20-8-6-19(24)7-9-20/h5-10,30H,4,11-17H2,1-3H3,(H2,25,26,27). The summed E-state index contributed by atoms with van der Waals surface area (Å²) in [7, 11) is 0. The van der Waals surface area contributed by atoms with Crippen LogP contribution in [0.15, 0.2) is 45.8 Å². The Morgan fingerprint density at radius 2 is 1.84 bits per heavy atom. The van der Waals surface area contributed by atoms with E-state index in [0.717, 1.165) is 57.3 Å². The molecule has 1 unspecified atom stereocenters. The van der Waals surface area contributed by atoms with Gasteiger partial charge in [0.25, 0.3) is 0 Å². The molecule has 7 nitrogen and oxygen atoms in total. The van der Waals surface area contributed by atoms with Gasteiger partial charge in [0.15, 0.2) is 5.96 Å². The highest BCUT2D eigenvalue weighted by molar-refractivity contribution is 5.79. The second-order valence-corrected chi connectivity index (χ2v) is 8.11. The SMILES string of the molecule is CCNC(=NCC(C)(O)c1ccc(C)o1)NCCN1CCN(c2ccc(F)cc2)CC1. The molecule has 1 aromatic carbocycles. The number of piperazine rings is 1. The molecule has 0 amide bonds. The summed E-state index contributed by atoms with van der Waals surface area (Å²) >= 11 is 0. The second-order valence-electron chi connectivity index (χ2n) is 8.11. The Hall–Kier alpha value is -2.58. The summed E-state index contributed by atoms with van der Waals surface area (Å²) in [6.07, 6.45) is 0. The van der Waals surface area contributed by atoms with Crippen molar-refractivity contribution >= 4 is 11.6 Å². The molecule has 8 heteroatoms. The molecule has 0 bridgehead atoms. The van der Waals surface area contributed by atoms with Crippen LogP contribution in [0.25, 0.3) is 0 Å². The summed E-state index contributed by atoms with van der Waals surface area (Å²) in [6.45, 7) is 11.9. The topological polar surface area (TPSA) is 76.3 Å². The van der Waals surface area contributed by atoms with Crippen molar-refractivity contribution in [2.45, 2.75) is 26.4 Å². The van der Waals surface area contributed by atoms with E-state index in [0.29, 0.717) is 11.7 Å². The first kappa shape index (κ1) is 23.1. The summed E-state index contributed by atoms with van der Waals surface area (Å²) < 4.78 is 18.7. The van der Waals surface area contributed by atoms with Gasteiger partial charge in [0.1, 0.15) is 22.9 Å². The van der Waals surface area contributed by atoms with Crippen LogP contribution in [-0.4, -0.2) is 68.3 Å². The predicted octanol–water partition coefficient (Wildman–Crippen LogP) is 2.31. The molecule has 2 aromatic rings. The number of hydrogen-bond acceptors (Lipinski definition) is 5. The number of nitrogens with one attached hydrogen (secondary N) is 2. The number of aliphatic imine (C=N–C) groups is 1. The highest BCUT2D eigenvalue weighted by Crippen LogP contribution is 2.23. The number of rotatable bonds is 8. The molecule has 1 fully saturated rings. The number of anilines is 1. The predicted molar refractivity (Wildman–Crippen MR) is 122 cm³/mol. The molecule has 1 saturated heterocycles. The van der Waals surface area contributed by atoms with Gasteiger partial charge < -0.3 is 25.1 Å². The Bertz CT molecular complexity index is 842. The zero-order valence-corrected chi connectivity index (χ0v) is 18.7. The minimum Gasteiger partial charge on any atom is -0.463 e. The summed E-state index contributed by atoms with van der Waals surface area (Å²) in [5.74, 6) is 1.76. The highest BCUT2D eigenvalue weighted by atomic mass is 19.1. The van der Waals surface area contributed by atoms with E-state index < -0.39 is 5.60 Å². The third kappa shape index (κ3) is 6.70. The van der Waals surface area contributed by atoms with E-state index in [2.05, 4.69) is 25.4 Å². The van der Waals surface area contributed by atoms with Gasteiger partial charge in [-0.2, -0.15) is 0 Å². The summed E-state index contributed by atoms with van der Waals surface area (Å²) in [5.41, 5.74) is -0.0904. The van der Waals surface area contributed by atoms with Crippen LogP contribution in [0.3, 0.4) is 0 Å². The lowest BCUT2D eigenvalue weighted by Crippen LogP contribution is -2.49. The molecule has 1 aliphatic heterocycles. The summed E-state index contributed by atoms with van der Waals surface area (Å²) in [4.78, 5) is 9.23. The van der Waals surface area contributed by atoms with Crippen molar-refractivity contribution in [2.75, 3.05) is 57.3 Å². The third-order valence-corrected chi connectivity index (χ3v) is 5.44. The smallest absolute Gasteiger partial charge is 0.191 e. The maximum absolute atomic E-state index is 13.1. The van der Waals surface area contributed by atoms with Crippen molar-refractivity contribution in [3.63, 3.8) is 0 Å². The zero-order valence-electron chi connectivity index (χ0n) is 18.7. The Balaban J connectivity index is 1.44. The van der Waals surface area contributed by atoms with E-state index in [1.54, 1.807) is 13.0 Å². The number of hydrogen-bond donors (Lipinski definition) is 3. The monoisotopic (exact) mass is 431 g/mol. The fourth-order valence-corrected chi connectivity index (χ4v) is 3.59. The van der Waals surface area contributed by atoms with Crippen molar-refractivity contribution in [3.8, 4) is 0 Å². The van der Waals surface area contributed by atoms with Crippen LogP contribution in [0.5, 0.6) is 0 Å². The average molecular weight is 432 g/mol. The Morgan fingerprint density at radius 1 is 1.13 bits per heavy atom. The van der Waals surface area contributed by atoms with Crippen molar-refractivity contribution in [3.05, 3.63) is 53.7 Å². The van der Waals surface area contributed by atoms with Crippen LogP contribution in [0.4, 0.5) is 10.1 Å². The van der Waals surface area contributed by atoms with E-state index >= 15 is 0 Å². The maximum atomic E-state index is 13.1. The third-order valence-electron chi connectivity index (χ3n) is 5.44. The molecule has 3 N–H and O–H groups in total. The number of benzene rings is 1. The van der Waals surface area contributed by atoms with Gasteiger partial charge in [-0.05, 0) is 57.2 Å². The first-order valence-corrected chi connectivity index (χ1v) is 10.9. The molecule has 1 aromatic heterocycles. The number of furan rings is 1. The first-order chi connectivity index (χ1) is 14.9. The van der Waals surface area contributed by atoms with Gasteiger partial charge >= 0.3 is 0 Å². The lowest BCUT2D eigenvalue weighted by atomic mass is 10.0. The fourth-order valence-electron chi connectivity index (χ4n) is 3.59.